The van der Waals surface area contributed by atoms with Crippen LogP contribution < -0.4 is 5.32 Å². The van der Waals surface area contributed by atoms with Gasteiger partial charge in [-0.15, -0.1) is 0 Å². The minimum Gasteiger partial charge on any atom is -0.298 e. The summed E-state index contributed by atoms with van der Waals surface area (Å²) in [7, 11) is 0. The van der Waals surface area contributed by atoms with Gasteiger partial charge < -0.3 is 0 Å². The average molecular weight is 382 g/mol. The van der Waals surface area contributed by atoms with Gasteiger partial charge in [-0.3, -0.25) is 10.1 Å². The number of aromatic nitrogens is 1. The summed E-state index contributed by atoms with van der Waals surface area (Å²) in [5.41, 5.74) is 0.848. The van der Waals surface area contributed by atoms with Gasteiger partial charge in [0.2, 0.25) is 0 Å². The van der Waals surface area contributed by atoms with E-state index in [0.29, 0.717) is 11.6 Å². The minimum atomic E-state index is -2.03. The lowest BCUT2D eigenvalue weighted by atomic mass is 10.1. The molecule has 0 aliphatic rings. The van der Waals surface area contributed by atoms with E-state index in [1.807, 2.05) is 18.2 Å². The molecule has 0 atom stereocenters. The van der Waals surface area contributed by atoms with Crippen molar-refractivity contribution in [1.82, 2.24) is 4.98 Å². The van der Waals surface area contributed by atoms with E-state index in [0.717, 1.165) is 40.9 Å². The first kappa shape index (κ1) is 18.3. The molecule has 1 N–H and O–H groups in total. The minimum absolute atomic E-state index is 0.155. The standard InChI is InChI=1S/C18H14F4N2OS/c1-2-3-4-9-5-6-12-13(7-9)26-18(23-12)24-17(25)10-8-11(19)15(21)16(22)14(10)20/h5-8H,2-4H2,1H3,(H,23,24,25). The maximum Gasteiger partial charge on any atom is 0.260 e. The van der Waals surface area contributed by atoms with E-state index in [1.54, 1.807) is 0 Å². The van der Waals surface area contributed by atoms with Crippen LogP contribution in [0.1, 0.15) is 35.7 Å². The van der Waals surface area contributed by atoms with E-state index >= 15 is 0 Å². The van der Waals surface area contributed by atoms with E-state index in [-0.39, 0.29) is 5.13 Å². The van der Waals surface area contributed by atoms with Crippen LogP contribution in [-0.2, 0) is 6.42 Å². The Morgan fingerprint density at radius 3 is 2.62 bits per heavy atom. The normalized spacial score (nSPS) is 11.1. The molecule has 0 saturated carbocycles. The molecular weight excluding hydrogens is 368 g/mol. The number of hydrogen-bond acceptors (Lipinski definition) is 3. The fourth-order valence-electron chi connectivity index (χ4n) is 2.46. The summed E-state index contributed by atoms with van der Waals surface area (Å²) < 4.78 is 54.1. The smallest absolute Gasteiger partial charge is 0.260 e. The molecular formula is C18H14F4N2OS. The van der Waals surface area contributed by atoms with Gasteiger partial charge in [0, 0.05) is 0 Å². The van der Waals surface area contributed by atoms with Gasteiger partial charge in [0.1, 0.15) is 0 Å². The molecule has 8 heteroatoms. The number of nitrogens with zero attached hydrogens (tertiary/aromatic N) is 1. The number of carbonyl (C=O) groups is 1. The summed E-state index contributed by atoms with van der Waals surface area (Å²) >= 11 is 1.16. The van der Waals surface area contributed by atoms with Gasteiger partial charge in [0.25, 0.3) is 5.91 Å². The van der Waals surface area contributed by atoms with Gasteiger partial charge >= 0.3 is 0 Å². The van der Waals surface area contributed by atoms with Gasteiger partial charge in [-0.2, -0.15) is 0 Å². The first-order valence-corrected chi connectivity index (χ1v) is 8.76. The summed E-state index contributed by atoms with van der Waals surface area (Å²) in [5, 5.41) is 2.45. The average Bonchev–Trinajstić information content (AvgIpc) is 3.02. The Morgan fingerprint density at radius 1 is 1.12 bits per heavy atom. The molecule has 0 aliphatic carbocycles. The molecule has 0 fully saturated rings. The number of anilines is 1. The highest BCUT2D eigenvalue weighted by atomic mass is 32.1. The molecule has 1 amide bonds. The lowest BCUT2D eigenvalue weighted by Gasteiger charge is -2.05. The Balaban J connectivity index is 1.86. The molecule has 0 unspecified atom stereocenters. The van der Waals surface area contributed by atoms with Gasteiger partial charge in [0.15, 0.2) is 28.4 Å². The third-order valence-electron chi connectivity index (χ3n) is 3.84. The third-order valence-corrected chi connectivity index (χ3v) is 4.77. The van der Waals surface area contributed by atoms with Gasteiger partial charge in [0.05, 0.1) is 15.8 Å². The van der Waals surface area contributed by atoms with E-state index in [1.165, 1.54) is 0 Å². The Morgan fingerprint density at radius 2 is 1.88 bits per heavy atom. The number of rotatable bonds is 5. The van der Waals surface area contributed by atoms with Crippen LogP contribution in [0.2, 0.25) is 0 Å². The summed E-state index contributed by atoms with van der Waals surface area (Å²) in [6.07, 6.45) is 3.04. The molecule has 1 aromatic heterocycles. The zero-order valence-electron chi connectivity index (χ0n) is 13.7. The summed E-state index contributed by atoms with van der Waals surface area (Å²) in [4.78, 5) is 16.3. The van der Waals surface area contributed by atoms with E-state index < -0.39 is 34.7 Å². The van der Waals surface area contributed by atoms with Crippen molar-refractivity contribution in [1.29, 1.82) is 0 Å². The van der Waals surface area contributed by atoms with Crippen LogP contribution in [0.4, 0.5) is 22.7 Å². The second-order valence-electron chi connectivity index (χ2n) is 5.73. The second kappa shape index (κ2) is 7.41. The lowest BCUT2D eigenvalue weighted by Crippen LogP contribution is -2.16. The molecule has 0 radical (unpaired) electrons. The molecule has 0 saturated heterocycles. The number of nitrogens with one attached hydrogen (secondary N) is 1. The topological polar surface area (TPSA) is 42.0 Å². The van der Waals surface area contributed by atoms with Crippen LogP contribution in [0.3, 0.4) is 0 Å². The molecule has 2 aromatic carbocycles. The van der Waals surface area contributed by atoms with Crippen LogP contribution >= 0.6 is 11.3 Å². The van der Waals surface area contributed by atoms with Crippen molar-refractivity contribution in [3.05, 3.63) is 58.7 Å². The van der Waals surface area contributed by atoms with Crippen molar-refractivity contribution in [2.45, 2.75) is 26.2 Å². The van der Waals surface area contributed by atoms with Crippen molar-refractivity contribution in [3.8, 4) is 0 Å². The number of fused-ring (bicyclic) bond motifs is 1. The highest BCUT2D eigenvalue weighted by molar-refractivity contribution is 7.22. The maximum absolute atomic E-state index is 13.7. The van der Waals surface area contributed by atoms with Crippen LogP contribution in [0.25, 0.3) is 10.2 Å². The largest absolute Gasteiger partial charge is 0.298 e. The number of amides is 1. The van der Waals surface area contributed by atoms with Gasteiger partial charge in [-0.1, -0.05) is 30.7 Å². The number of hydrogen-bond donors (Lipinski definition) is 1. The number of benzene rings is 2. The maximum atomic E-state index is 13.7. The monoisotopic (exact) mass is 382 g/mol. The van der Waals surface area contributed by atoms with Crippen molar-refractivity contribution in [2.24, 2.45) is 0 Å². The molecule has 0 spiro atoms. The first-order valence-electron chi connectivity index (χ1n) is 7.94. The van der Waals surface area contributed by atoms with Gasteiger partial charge in [-0.25, -0.2) is 22.5 Å². The van der Waals surface area contributed by atoms with Crippen molar-refractivity contribution in [2.75, 3.05) is 5.32 Å². The van der Waals surface area contributed by atoms with E-state index in [4.69, 9.17) is 0 Å². The molecule has 3 nitrogen and oxygen atoms in total. The molecule has 136 valence electrons. The van der Waals surface area contributed by atoms with Crippen LogP contribution in [0.15, 0.2) is 24.3 Å². The highest BCUT2D eigenvalue weighted by Gasteiger charge is 2.23. The summed E-state index contributed by atoms with van der Waals surface area (Å²) in [6, 6.07) is 6.02. The van der Waals surface area contributed by atoms with Crippen LogP contribution in [0, 0.1) is 23.3 Å². The van der Waals surface area contributed by atoms with Crippen molar-refractivity contribution in [3.63, 3.8) is 0 Å². The Hall–Kier alpha value is -2.48. The zero-order chi connectivity index (χ0) is 18.8. The predicted molar refractivity (Wildman–Crippen MR) is 92.5 cm³/mol. The summed E-state index contributed by atoms with van der Waals surface area (Å²) in [5.74, 6) is -8.48. The van der Waals surface area contributed by atoms with Gasteiger partial charge in [-0.05, 0) is 36.6 Å². The quantitative estimate of drug-likeness (QED) is 0.362. The number of halogens is 4. The number of unbranched alkanes of at least 4 members (excludes halogenated alkanes) is 1. The number of thiazole rings is 1. The molecule has 26 heavy (non-hydrogen) atoms. The fourth-order valence-corrected chi connectivity index (χ4v) is 3.39. The molecule has 0 aliphatic heterocycles. The first-order chi connectivity index (χ1) is 12.4. The van der Waals surface area contributed by atoms with Crippen molar-refractivity contribution >= 4 is 32.6 Å². The lowest BCUT2D eigenvalue weighted by molar-refractivity contribution is 0.102. The van der Waals surface area contributed by atoms with E-state index in [9.17, 15) is 22.4 Å². The Labute approximate surface area is 150 Å². The number of carbonyl (C=O) groups excluding carboxylic acids is 1. The number of aryl methyl sites for hydroxylation is 1. The molecule has 0 bridgehead atoms. The Kier molecular flexibility index (Phi) is 5.22. The fraction of sp³-hybridized carbons (Fsp3) is 0.222. The molecule has 3 rings (SSSR count). The predicted octanol–water partition coefficient (Wildman–Crippen LogP) is 5.45. The second-order valence-corrected chi connectivity index (χ2v) is 6.76. The third kappa shape index (κ3) is 3.55. The van der Waals surface area contributed by atoms with E-state index in [2.05, 4.69) is 17.2 Å². The molecule has 3 aromatic rings. The SMILES string of the molecule is CCCCc1ccc2nc(NC(=O)c3cc(F)c(F)c(F)c3F)sc2c1. The Bertz CT molecular complexity index is 987. The molecule has 1 heterocycles. The van der Waals surface area contributed by atoms with Crippen molar-refractivity contribution < 1.29 is 22.4 Å². The van der Waals surface area contributed by atoms with Crippen LogP contribution in [0.5, 0.6) is 0 Å². The summed E-state index contributed by atoms with van der Waals surface area (Å²) in [6.45, 7) is 2.10. The highest BCUT2D eigenvalue weighted by Crippen LogP contribution is 2.28. The van der Waals surface area contributed by atoms with Crippen LogP contribution in [-0.4, -0.2) is 10.9 Å². The zero-order valence-corrected chi connectivity index (χ0v) is 14.5.